The van der Waals surface area contributed by atoms with Crippen LogP contribution < -0.4 is 11.1 Å². The number of rotatable bonds is 9. The van der Waals surface area contributed by atoms with Gasteiger partial charge in [-0.2, -0.15) is 0 Å². The first-order valence-electron chi connectivity index (χ1n) is 12.0. The molecule has 2 amide bonds. The van der Waals surface area contributed by atoms with Gasteiger partial charge in [0.2, 0.25) is 12.7 Å². The van der Waals surface area contributed by atoms with Gasteiger partial charge in [-0.25, -0.2) is 4.79 Å². The van der Waals surface area contributed by atoms with Gasteiger partial charge in [-0.05, 0) is 38.8 Å². The third-order valence-corrected chi connectivity index (χ3v) is 9.25. The van der Waals surface area contributed by atoms with Crippen molar-refractivity contribution in [3.8, 4) is 0 Å². The molecule has 2 aromatic rings. The normalized spacial score (nSPS) is 19.6. The number of carbonyl (C=O) groups excluding carboxylic acids is 4. The van der Waals surface area contributed by atoms with Crippen LogP contribution in [0.5, 0.6) is 0 Å². The molecule has 1 fully saturated rings. The number of fused-ring (bicyclic) bond motifs is 1. The summed E-state index contributed by atoms with van der Waals surface area (Å²) in [5, 5.41) is 11.1. The Bertz CT molecular complexity index is 1290. The SMILES string of the molecule is Cc1nnc(SCC2=C(C(=O)OCOC(=O)C(C)(C)C)N3C(=O)[C@@H](NC(=O)[C@H](N)c4ccccc4)[C@H]3SC2)s1. The lowest BCUT2D eigenvalue weighted by Gasteiger charge is -2.49. The van der Waals surface area contributed by atoms with Crippen molar-refractivity contribution in [2.45, 2.75) is 49.5 Å². The van der Waals surface area contributed by atoms with E-state index in [9.17, 15) is 19.2 Å². The molecule has 3 heterocycles. The number of nitrogens with zero attached hydrogens (tertiary/aromatic N) is 3. The molecular weight excluding hydrogens is 563 g/mol. The molecule has 11 nitrogen and oxygen atoms in total. The first kappa shape index (κ1) is 29.1. The number of esters is 2. The Balaban J connectivity index is 1.48. The number of aromatic nitrogens is 2. The van der Waals surface area contributed by atoms with Gasteiger partial charge in [0.1, 0.15) is 28.2 Å². The van der Waals surface area contributed by atoms with Crippen molar-refractivity contribution in [3.63, 3.8) is 0 Å². The van der Waals surface area contributed by atoms with Gasteiger partial charge in [-0.1, -0.05) is 53.4 Å². The van der Waals surface area contributed by atoms with E-state index in [1.54, 1.807) is 45.0 Å². The molecule has 1 aromatic heterocycles. The molecule has 0 aliphatic carbocycles. The Morgan fingerprint density at radius 3 is 2.56 bits per heavy atom. The number of β-lactam (4-membered cyclic amide) rings is 1. The Morgan fingerprint density at radius 1 is 1.21 bits per heavy atom. The second-order valence-corrected chi connectivity index (χ2v) is 13.4. The number of hydrogen-bond donors (Lipinski definition) is 2. The van der Waals surface area contributed by atoms with Crippen LogP contribution in [-0.2, 0) is 28.7 Å². The zero-order chi connectivity index (χ0) is 28.3. The van der Waals surface area contributed by atoms with Crippen LogP contribution in [-0.4, -0.2) is 68.6 Å². The fourth-order valence-corrected chi connectivity index (χ4v) is 7.05. The molecule has 3 N–H and O–H groups in total. The standard InChI is InChI=1S/C25H29N5O6S3/c1-13-28-29-24(39-13)38-11-15-10-37-21-17(27-19(31)16(26)14-8-6-5-7-9-14)20(32)30(21)18(15)22(33)35-12-36-23(34)25(2,3)4/h5-9,16-17,21H,10-12,26H2,1-4H3,(H,27,31)/t16-,17-,21-/m1/s1. The van der Waals surface area contributed by atoms with E-state index in [-0.39, 0.29) is 5.70 Å². The van der Waals surface area contributed by atoms with Crippen LogP contribution in [0.2, 0.25) is 0 Å². The van der Waals surface area contributed by atoms with Crippen molar-refractivity contribution in [2.75, 3.05) is 18.3 Å². The predicted molar refractivity (Wildman–Crippen MR) is 147 cm³/mol. The van der Waals surface area contributed by atoms with Crippen molar-refractivity contribution < 1.29 is 28.7 Å². The number of nitrogens with two attached hydrogens (primary N) is 1. The van der Waals surface area contributed by atoms with Gasteiger partial charge in [0, 0.05) is 11.5 Å². The molecule has 39 heavy (non-hydrogen) atoms. The maximum absolute atomic E-state index is 13.2. The number of hydrogen-bond acceptors (Lipinski definition) is 12. The average molecular weight is 592 g/mol. The summed E-state index contributed by atoms with van der Waals surface area (Å²) in [6.45, 7) is 6.32. The molecule has 208 valence electrons. The van der Waals surface area contributed by atoms with Crippen LogP contribution in [0.1, 0.15) is 37.4 Å². The number of carbonyl (C=O) groups is 4. The number of ether oxygens (including phenoxy) is 2. The van der Waals surface area contributed by atoms with E-state index < -0.39 is 53.4 Å². The highest BCUT2D eigenvalue weighted by molar-refractivity contribution is 8.01. The number of nitrogens with one attached hydrogen (secondary N) is 1. The lowest BCUT2D eigenvalue weighted by Crippen LogP contribution is -2.71. The predicted octanol–water partition coefficient (Wildman–Crippen LogP) is 2.38. The van der Waals surface area contributed by atoms with Gasteiger partial charge in [0.25, 0.3) is 5.91 Å². The molecule has 0 saturated carbocycles. The monoisotopic (exact) mass is 591 g/mol. The van der Waals surface area contributed by atoms with Gasteiger partial charge in [-0.15, -0.1) is 22.0 Å². The molecule has 0 spiro atoms. The van der Waals surface area contributed by atoms with Crippen LogP contribution >= 0.6 is 34.9 Å². The first-order chi connectivity index (χ1) is 18.5. The summed E-state index contributed by atoms with van der Waals surface area (Å²) in [6, 6.07) is 7.06. The third-order valence-electron chi connectivity index (χ3n) is 5.85. The number of aryl methyl sites for hydroxylation is 1. The molecule has 0 unspecified atom stereocenters. The summed E-state index contributed by atoms with van der Waals surface area (Å²) in [5.74, 6) is -1.46. The van der Waals surface area contributed by atoms with Crippen molar-refractivity contribution in [2.24, 2.45) is 11.1 Å². The summed E-state index contributed by atoms with van der Waals surface area (Å²) in [5.41, 5.74) is 6.71. The molecule has 2 aliphatic heterocycles. The third kappa shape index (κ3) is 6.62. The molecule has 14 heteroatoms. The van der Waals surface area contributed by atoms with Gasteiger partial charge in [0.05, 0.1) is 5.41 Å². The lowest BCUT2D eigenvalue weighted by atomic mass is 9.98. The highest BCUT2D eigenvalue weighted by atomic mass is 32.2. The molecule has 0 radical (unpaired) electrons. The topological polar surface area (TPSA) is 154 Å². The second-order valence-electron chi connectivity index (χ2n) is 9.84. The molecule has 4 rings (SSSR count). The van der Waals surface area contributed by atoms with Crippen LogP contribution in [0.3, 0.4) is 0 Å². The number of amides is 2. The first-order valence-corrected chi connectivity index (χ1v) is 14.9. The molecule has 1 aromatic carbocycles. The fourth-order valence-electron chi connectivity index (χ4n) is 3.74. The van der Waals surface area contributed by atoms with E-state index >= 15 is 0 Å². The molecular formula is C25H29N5O6S3. The van der Waals surface area contributed by atoms with Crippen molar-refractivity contribution in [3.05, 3.63) is 52.2 Å². The minimum Gasteiger partial charge on any atom is -0.427 e. The molecule has 2 aliphatic rings. The summed E-state index contributed by atoms with van der Waals surface area (Å²) in [6.07, 6.45) is 0. The molecule has 3 atom stereocenters. The van der Waals surface area contributed by atoms with E-state index in [1.165, 1.54) is 39.8 Å². The highest BCUT2D eigenvalue weighted by Gasteiger charge is 2.54. The van der Waals surface area contributed by atoms with E-state index in [2.05, 4.69) is 15.5 Å². The fraction of sp³-hybridized carbons (Fsp3) is 0.440. The summed E-state index contributed by atoms with van der Waals surface area (Å²) in [4.78, 5) is 52.7. The van der Waals surface area contributed by atoms with Crippen LogP contribution in [0.15, 0.2) is 45.9 Å². The molecule has 0 bridgehead atoms. The van der Waals surface area contributed by atoms with Crippen LogP contribution in [0.25, 0.3) is 0 Å². The van der Waals surface area contributed by atoms with Gasteiger partial charge < -0.3 is 20.5 Å². The minimum atomic E-state index is -0.943. The van der Waals surface area contributed by atoms with Gasteiger partial charge >= 0.3 is 11.9 Å². The van der Waals surface area contributed by atoms with Crippen LogP contribution in [0.4, 0.5) is 0 Å². The van der Waals surface area contributed by atoms with Crippen molar-refractivity contribution in [1.29, 1.82) is 0 Å². The maximum Gasteiger partial charge on any atom is 0.357 e. The van der Waals surface area contributed by atoms with Crippen LogP contribution in [0, 0.1) is 12.3 Å². The van der Waals surface area contributed by atoms with E-state index in [4.69, 9.17) is 15.2 Å². The Morgan fingerprint density at radius 2 is 1.92 bits per heavy atom. The van der Waals surface area contributed by atoms with Crippen molar-refractivity contribution >= 4 is 58.6 Å². The van der Waals surface area contributed by atoms with E-state index in [0.717, 1.165) is 9.35 Å². The Kier molecular flexibility index (Phi) is 8.99. The minimum absolute atomic E-state index is 0.0853. The zero-order valence-electron chi connectivity index (χ0n) is 21.8. The summed E-state index contributed by atoms with van der Waals surface area (Å²) < 4.78 is 11.1. The number of thioether (sulfide) groups is 2. The van der Waals surface area contributed by atoms with Gasteiger partial charge in [0.15, 0.2) is 4.34 Å². The maximum atomic E-state index is 13.2. The summed E-state index contributed by atoms with van der Waals surface area (Å²) in [7, 11) is 0. The van der Waals surface area contributed by atoms with Gasteiger partial charge in [-0.3, -0.25) is 19.3 Å². The highest BCUT2D eigenvalue weighted by Crippen LogP contribution is 2.42. The second kappa shape index (κ2) is 12.1. The smallest absolute Gasteiger partial charge is 0.357 e. The quantitative estimate of drug-likeness (QED) is 0.191. The van der Waals surface area contributed by atoms with E-state index in [0.29, 0.717) is 22.6 Å². The largest absolute Gasteiger partial charge is 0.427 e. The zero-order valence-corrected chi connectivity index (χ0v) is 24.3. The average Bonchev–Trinajstić information content (AvgIpc) is 3.33. The summed E-state index contributed by atoms with van der Waals surface area (Å²) >= 11 is 4.25. The van der Waals surface area contributed by atoms with Crippen molar-refractivity contribution in [1.82, 2.24) is 20.4 Å². The molecule has 1 saturated heterocycles. The van der Waals surface area contributed by atoms with E-state index in [1.807, 2.05) is 13.0 Å². The Labute approximate surface area is 238 Å². The Hall–Kier alpha value is -2.94. The number of benzene rings is 1. The lowest BCUT2D eigenvalue weighted by molar-refractivity contribution is -0.173.